The van der Waals surface area contributed by atoms with E-state index in [0.29, 0.717) is 17.4 Å². The van der Waals surface area contributed by atoms with Crippen LogP contribution in [0.2, 0.25) is 0 Å². The van der Waals surface area contributed by atoms with E-state index >= 15 is 0 Å². The monoisotopic (exact) mass is 338 g/mol. The predicted molar refractivity (Wildman–Crippen MR) is 79.6 cm³/mol. The molecule has 0 bridgehead atoms. The molecule has 1 N–H and O–H groups in total. The van der Waals surface area contributed by atoms with Gasteiger partial charge in [-0.05, 0) is 29.7 Å². The van der Waals surface area contributed by atoms with Crippen molar-refractivity contribution in [2.45, 2.75) is 26.0 Å². The molecule has 1 heterocycles. The Morgan fingerprint density at radius 1 is 1.45 bits per heavy atom. The van der Waals surface area contributed by atoms with Gasteiger partial charge in [0.25, 0.3) is 5.69 Å². The number of nitro groups is 1. The SMILES string of the molecule is CCC(O)c1ccn(Cc2ccc([N+](=O)[O-])cc2Br)c1. The number of hydrogen-bond donors (Lipinski definition) is 1. The van der Waals surface area contributed by atoms with Gasteiger partial charge in [0, 0.05) is 35.5 Å². The molecule has 0 aliphatic rings. The molecular weight excluding hydrogens is 324 g/mol. The maximum absolute atomic E-state index is 10.7. The number of non-ortho nitro benzene ring substituents is 1. The summed E-state index contributed by atoms with van der Waals surface area (Å²) in [4.78, 5) is 10.3. The first kappa shape index (κ1) is 14.7. The molecule has 0 saturated carbocycles. The number of benzene rings is 1. The molecule has 0 radical (unpaired) electrons. The van der Waals surface area contributed by atoms with E-state index in [9.17, 15) is 15.2 Å². The third-order valence-corrected chi connectivity index (χ3v) is 3.88. The van der Waals surface area contributed by atoms with E-state index in [1.807, 2.05) is 30.0 Å². The molecule has 0 fully saturated rings. The predicted octanol–water partition coefficient (Wildman–Crippen LogP) is 3.65. The van der Waals surface area contributed by atoms with Crippen molar-refractivity contribution in [3.05, 3.63) is 62.4 Å². The quantitative estimate of drug-likeness (QED) is 0.668. The standard InChI is InChI=1S/C14H15BrN2O3/c1-2-14(18)11-5-6-16(9-11)8-10-3-4-12(17(19)20)7-13(10)15/h3-7,9,14,18H,2,8H2,1H3. The Morgan fingerprint density at radius 2 is 2.20 bits per heavy atom. The summed E-state index contributed by atoms with van der Waals surface area (Å²) < 4.78 is 2.65. The molecule has 6 heteroatoms. The fourth-order valence-electron chi connectivity index (χ4n) is 1.97. The minimum atomic E-state index is -0.448. The Labute approximate surface area is 125 Å². The van der Waals surface area contributed by atoms with E-state index in [1.54, 1.807) is 6.07 Å². The van der Waals surface area contributed by atoms with Crippen molar-refractivity contribution in [3.63, 3.8) is 0 Å². The Balaban J connectivity index is 2.18. The van der Waals surface area contributed by atoms with Crippen molar-refractivity contribution in [3.8, 4) is 0 Å². The molecule has 0 aliphatic heterocycles. The van der Waals surface area contributed by atoms with Gasteiger partial charge in [0.1, 0.15) is 0 Å². The molecule has 0 spiro atoms. The van der Waals surface area contributed by atoms with Gasteiger partial charge in [-0.2, -0.15) is 0 Å². The van der Waals surface area contributed by atoms with Gasteiger partial charge in [-0.3, -0.25) is 10.1 Å². The Hall–Kier alpha value is -1.66. The van der Waals surface area contributed by atoms with Crippen LogP contribution in [0.1, 0.15) is 30.6 Å². The van der Waals surface area contributed by atoms with Crippen LogP contribution in [-0.2, 0) is 6.54 Å². The zero-order chi connectivity index (χ0) is 14.7. The zero-order valence-electron chi connectivity index (χ0n) is 11.0. The van der Waals surface area contributed by atoms with Gasteiger partial charge < -0.3 is 9.67 Å². The van der Waals surface area contributed by atoms with Crippen LogP contribution in [0.3, 0.4) is 0 Å². The van der Waals surface area contributed by atoms with Gasteiger partial charge in [-0.25, -0.2) is 0 Å². The molecule has 1 aromatic carbocycles. The maximum Gasteiger partial charge on any atom is 0.270 e. The van der Waals surface area contributed by atoms with Crippen molar-refractivity contribution in [2.24, 2.45) is 0 Å². The second kappa shape index (κ2) is 6.19. The third kappa shape index (κ3) is 3.26. The number of aliphatic hydroxyl groups excluding tert-OH is 1. The summed E-state index contributed by atoms with van der Waals surface area (Å²) in [6.07, 6.45) is 4.01. The molecule has 1 unspecified atom stereocenters. The van der Waals surface area contributed by atoms with Crippen LogP contribution < -0.4 is 0 Å². The highest BCUT2D eigenvalue weighted by Crippen LogP contribution is 2.24. The lowest BCUT2D eigenvalue weighted by Crippen LogP contribution is -1.99. The fraction of sp³-hybridized carbons (Fsp3) is 0.286. The number of nitrogens with zero attached hydrogens (tertiary/aromatic N) is 2. The molecule has 0 aliphatic carbocycles. The molecule has 1 atom stereocenters. The molecule has 106 valence electrons. The maximum atomic E-state index is 10.7. The van der Waals surface area contributed by atoms with Gasteiger partial charge in [0.2, 0.25) is 0 Å². The Morgan fingerprint density at radius 3 is 2.80 bits per heavy atom. The highest BCUT2D eigenvalue weighted by molar-refractivity contribution is 9.10. The van der Waals surface area contributed by atoms with E-state index in [2.05, 4.69) is 15.9 Å². The second-order valence-corrected chi connectivity index (χ2v) is 5.43. The van der Waals surface area contributed by atoms with Crippen molar-refractivity contribution in [1.82, 2.24) is 4.57 Å². The van der Waals surface area contributed by atoms with Gasteiger partial charge in [0.05, 0.1) is 11.0 Å². The van der Waals surface area contributed by atoms with Crippen LogP contribution in [-0.4, -0.2) is 14.6 Å². The van der Waals surface area contributed by atoms with Crippen LogP contribution in [0.15, 0.2) is 41.1 Å². The van der Waals surface area contributed by atoms with E-state index in [0.717, 1.165) is 11.1 Å². The van der Waals surface area contributed by atoms with Crippen molar-refractivity contribution < 1.29 is 10.0 Å². The summed E-state index contributed by atoms with van der Waals surface area (Å²) >= 11 is 3.36. The molecule has 2 rings (SSSR count). The van der Waals surface area contributed by atoms with Crippen molar-refractivity contribution >= 4 is 21.6 Å². The summed E-state index contributed by atoms with van der Waals surface area (Å²) in [7, 11) is 0. The number of aliphatic hydroxyl groups is 1. The van der Waals surface area contributed by atoms with E-state index in [4.69, 9.17) is 0 Å². The van der Waals surface area contributed by atoms with Gasteiger partial charge in [-0.1, -0.05) is 22.9 Å². The van der Waals surface area contributed by atoms with Gasteiger partial charge >= 0.3 is 0 Å². The summed E-state index contributed by atoms with van der Waals surface area (Å²) in [6.45, 7) is 2.52. The first-order valence-corrected chi connectivity index (χ1v) is 7.07. The number of rotatable bonds is 5. The van der Waals surface area contributed by atoms with Gasteiger partial charge in [-0.15, -0.1) is 0 Å². The Bertz CT molecular complexity index is 625. The molecular formula is C14H15BrN2O3. The largest absolute Gasteiger partial charge is 0.388 e. The van der Waals surface area contributed by atoms with E-state index in [1.165, 1.54) is 12.1 Å². The molecule has 5 nitrogen and oxygen atoms in total. The van der Waals surface area contributed by atoms with Crippen LogP contribution >= 0.6 is 15.9 Å². The number of nitro benzene ring substituents is 1. The van der Waals surface area contributed by atoms with E-state index in [-0.39, 0.29) is 5.69 Å². The van der Waals surface area contributed by atoms with Crippen LogP contribution in [0.5, 0.6) is 0 Å². The topological polar surface area (TPSA) is 68.3 Å². The zero-order valence-corrected chi connectivity index (χ0v) is 12.6. The van der Waals surface area contributed by atoms with Crippen LogP contribution in [0.4, 0.5) is 5.69 Å². The molecule has 0 saturated heterocycles. The minimum absolute atomic E-state index is 0.0650. The lowest BCUT2D eigenvalue weighted by molar-refractivity contribution is -0.384. The highest BCUT2D eigenvalue weighted by Gasteiger charge is 2.10. The first-order chi connectivity index (χ1) is 9.51. The Kier molecular flexibility index (Phi) is 4.57. The lowest BCUT2D eigenvalue weighted by atomic mass is 10.1. The minimum Gasteiger partial charge on any atom is -0.388 e. The van der Waals surface area contributed by atoms with Crippen molar-refractivity contribution in [1.29, 1.82) is 0 Å². The molecule has 2 aromatic rings. The normalized spacial score (nSPS) is 12.3. The average molecular weight is 339 g/mol. The van der Waals surface area contributed by atoms with Crippen LogP contribution in [0, 0.1) is 10.1 Å². The third-order valence-electron chi connectivity index (χ3n) is 3.15. The number of halogens is 1. The summed E-state index contributed by atoms with van der Waals surface area (Å²) in [6, 6.07) is 6.61. The first-order valence-electron chi connectivity index (χ1n) is 6.27. The van der Waals surface area contributed by atoms with Crippen molar-refractivity contribution in [2.75, 3.05) is 0 Å². The van der Waals surface area contributed by atoms with Gasteiger partial charge in [0.15, 0.2) is 0 Å². The summed E-state index contributed by atoms with van der Waals surface area (Å²) in [5, 5.41) is 20.4. The highest BCUT2D eigenvalue weighted by atomic mass is 79.9. The second-order valence-electron chi connectivity index (χ2n) is 4.57. The van der Waals surface area contributed by atoms with E-state index < -0.39 is 11.0 Å². The summed E-state index contributed by atoms with van der Waals surface area (Å²) in [5.74, 6) is 0. The lowest BCUT2D eigenvalue weighted by Gasteiger charge is -2.07. The smallest absolute Gasteiger partial charge is 0.270 e. The molecule has 0 amide bonds. The van der Waals surface area contributed by atoms with Crippen LogP contribution in [0.25, 0.3) is 0 Å². The number of aromatic nitrogens is 1. The fourth-order valence-corrected chi connectivity index (χ4v) is 2.46. The molecule has 1 aromatic heterocycles. The molecule has 20 heavy (non-hydrogen) atoms. The average Bonchev–Trinajstić information content (AvgIpc) is 2.88. The number of hydrogen-bond acceptors (Lipinski definition) is 3. The summed E-state index contributed by atoms with van der Waals surface area (Å²) in [5.41, 5.74) is 1.89.